The van der Waals surface area contributed by atoms with Crippen LogP contribution in [-0.4, -0.2) is 94.1 Å². The van der Waals surface area contributed by atoms with E-state index in [1.165, 1.54) is 24.3 Å². The maximum Gasteiger partial charge on any atom is 0.326 e. The summed E-state index contributed by atoms with van der Waals surface area (Å²) in [6.45, 7) is 2.78. The highest BCUT2D eigenvalue weighted by molar-refractivity contribution is 5.96. The van der Waals surface area contributed by atoms with Gasteiger partial charge in [-0.2, -0.15) is 0 Å². The van der Waals surface area contributed by atoms with Crippen LogP contribution >= 0.6 is 0 Å². The van der Waals surface area contributed by atoms with Gasteiger partial charge in [-0.3, -0.25) is 29.0 Å². The molecule has 0 aliphatic rings. The van der Waals surface area contributed by atoms with Crippen molar-refractivity contribution in [3.05, 3.63) is 29.8 Å². The summed E-state index contributed by atoms with van der Waals surface area (Å²) in [5.41, 5.74) is 16.7. The Labute approximate surface area is 247 Å². The van der Waals surface area contributed by atoms with Crippen LogP contribution < -0.4 is 38.5 Å². The summed E-state index contributed by atoms with van der Waals surface area (Å²) < 4.78 is 0. The first kappa shape index (κ1) is 36.1. The molecule has 0 saturated heterocycles. The molecule has 0 fully saturated rings. The van der Waals surface area contributed by atoms with Crippen molar-refractivity contribution in [2.24, 2.45) is 28.1 Å². The Kier molecular flexibility index (Phi) is 14.9. The van der Waals surface area contributed by atoms with Crippen molar-refractivity contribution in [3.8, 4) is 5.75 Å². The highest BCUT2D eigenvalue weighted by Gasteiger charge is 2.32. The highest BCUT2D eigenvalue weighted by Crippen LogP contribution is 2.12. The van der Waals surface area contributed by atoms with Gasteiger partial charge in [-0.1, -0.05) is 26.0 Å². The average Bonchev–Trinajstić information content (AvgIpc) is 2.92. The Bertz CT molecular complexity index is 1170. The molecule has 0 heterocycles. The molecule has 17 nitrogen and oxygen atoms in total. The van der Waals surface area contributed by atoms with Crippen LogP contribution in [0.2, 0.25) is 0 Å². The second kappa shape index (κ2) is 17.8. The number of benzene rings is 1. The van der Waals surface area contributed by atoms with Gasteiger partial charge < -0.3 is 53.8 Å². The number of carboxylic acid groups (broad SMARTS) is 2. The maximum absolute atomic E-state index is 13.0. The summed E-state index contributed by atoms with van der Waals surface area (Å²) in [7, 11) is 0. The number of nitrogens with zero attached hydrogens (tertiary/aromatic N) is 1. The minimum Gasteiger partial charge on any atom is -0.508 e. The van der Waals surface area contributed by atoms with E-state index >= 15 is 0 Å². The van der Waals surface area contributed by atoms with Gasteiger partial charge in [0.15, 0.2) is 5.96 Å². The molecule has 0 bridgehead atoms. The number of hydrogen-bond acceptors (Lipinski definition) is 9. The standard InChI is InChI=1S/C26H40N8O9/c1-13(2)21(24(41)33-18(25(42)43)10-14-5-7-15(35)8-6-14)34-23(40)17(11-20(37)38)32-19(36)12-31-22(39)16(27)4-3-9-30-26(28)29/h5-8,13,16-18,21,35H,3-4,9-12,27H2,1-2H3,(H,31,39)(H,32,36)(H,33,41)(H,34,40)(H,37,38)(H,42,43)(H4,28,29,30)/t16-,17-,18-,21-/m0/s1. The van der Waals surface area contributed by atoms with E-state index in [-0.39, 0.29) is 31.1 Å². The van der Waals surface area contributed by atoms with Crippen LogP contribution in [0.25, 0.3) is 0 Å². The Morgan fingerprint density at radius 3 is 2.05 bits per heavy atom. The molecule has 13 N–H and O–H groups in total. The lowest BCUT2D eigenvalue weighted by Crippen LogP contribution is -2.58. The largest absolute Gasteiger partial charge is 0.508 e. The summed E-state index contributed by atoms with van der Waals surface area (Å²) in [4.78, 5) is 77.5. The molecule has 0 saturated carbocycles. The average molecular weight is 609 g/mol. The fraction of sp³-hybridized carbons (Fsp3) is 0.500. The zero-order valence-electron chi connectivity index (χ0n) is 23.9. The van der Waals surface area contributed by atoms with Gasteiger partial charge in [-0.05, 0) is 36.5 Å². The number of phenolic OH excluding ortho intramolecular Hbond substituents is 1. The molecule has 1 rings (SSSR count). The predicted molar refractivity (Wildman–Crippen MR) is 153 cm³/mol. The zero-order valence-corrected chi connectivity index (χ0v) is 23.9. The summed E-state index contributed by atoms with van der Waals surface area (Å²) in [5.74, 6) is -6.91. The van der Waals surface area contributed by atoms with Crippen LogP contribution in [0, 0.1) is 5.92 Å². The third-order valence-corrected chi connectivity index (χ3v) is 6.00. The lowest BCUT2D eigenvalue weighted by Gasteiger charge is -2.26. The van der Waals surface area contributed by atoms with Crippen molar-refractivity contribution in [1.82, 2.24) is 21.3 Å². The minimum atomic E-state index is -1.63. The van der Waals surface area contributed by atoms with Gasteiger partial charge in [0.25, 0.3) is 0 Å². The molecule has 1 aromatic carbocycles. The van der Waals surface area contributed by atoms with Crippen LogP contribution in [0.5, 0.6) is 5.75 Å². The molecule has 0 radical (unpaired) electrons. The first-order chi connectivity index (χ1) is 20.1. The molecule has 17 heteroatoms. The van der Waals surface area contributed by atoms with E-state index in [1.54, 1.807) is 13.8 Å². The van der Waals surface area contributed by atoms with Crippen LogP contribution in [0.15, 0.2) is 29.3 Å². The number of aliphatic carboxylic acids is 2. The number of nitrogens with two attached hydrogens (primary N) is 3. The molecular weight excluding hydrogens is 568 g/mol. The molecule has 1 aromatic rings. The van der Waals surface area contributed by atoms with Crippen molar-refractivity contribution >= 4 is 41.5 Å². The molecule has 0 unspecified atom stereocenters. The molecule has 0 aliphatic heterocycles. The third-order valence-electron chi connectivity index (χ3n) is 6.00. The topological polar surface area (TPSA) is 302 Å². The number of amides is 4. The molecule has 0 aliphatic carbocycles. The second-order valence-electron chi connectivity index (χ2n) is 9.99. The van der Waals surface area contributed by atoms with E-state index in [0.29, 0.717) is 12.0 Å². The predicted octanol–water partition coefficient (Wildman–Crippen LogP) is -2.90. The normalized spacial score (nSPS) is 13.5. The summed E-state index contributed by atoms with van der Waals surface area (Å²) in [5, 5.41) is 37.5. The number of rotatable bonds is 18. The van der Waals surface area contributed by atoms with E-state index in [2.05, 4.69) is 26.3 Å². The SMILES string of the molecule is CC(C)[C@H](NC(=O)[C@H](CC(=O)O)NC(=O)CNC(=O)[C@@H](N)CCCN=C(N)N)C(=O)N[C@@H](Cc1ccc(O)cc1)C(=O)O. The van der Waals surface area contributed by atoms with Gasteiger partial charge in [0, 0.05) is 13.0 Å². The number of phenols is 1. The van der Waals surface area contributed by atoms with Gasteiger partial charge >= 0.3 is 11.9 Å². The number of carbonyl (C=O) groups excluding carboxylic acids is 4. The Morgan fingerprint density at radius 1 is 0.884 bits per heavy atom. The number of carbonyl (C=O) groups is 6. The van der Waals surface area contributed by atoms with Crippen molar-refractivity contribution in [3.63, 3.8) is 0 Å². The second-order valence-corrected chi connectivity index (χ2v) is 9.99. The molecule has 4 amide bonds. The van der Waals surface area contributed by atoms with Crippen LogP contribution in [0.1, 0.15) is 38.7 Å². The molecule has 43 heavy (non-hydrogen) atoms. The molecule has 238 valence electrons. The van der Waals surface area contributed by atoms with Crippen LogP contribution in [0.3, 0.4) is 0 Å². The summed E-state index contributed by atoms with van der Waals surface area (Å²) >= 11 is 0. The van der Waals surface area contributed by atoms with Gasteiger partial charge in [0.05, 0.1) is 19.0 Å². The van der Waals surface area contributed by atoms with E-state index < -0.39 is 78.6 Å². The van der Waals surface area contributed by atoms with Crippen LogP contribution in [0.4, 0.5) is 0 Å². The number of hydrogen-bond donors (Lipinski definition) is 10. The van der Waals surface area contributed by atoms with Crippen molar-refractivity contribution in [2.45, 2.75) is 63.7 Å². The highest BCUT2D eigenvalue weighted by atomic mass is 16.4. The number of nitrogens with one attached hydrogen (secondary N) is 4. The van der Waals surface area contributed by atoms with E-state index in [1.807, 2.05) is 0 Å². The van der Waals surface area contributed by atoms with Crippen molar-refractivity contribution < 1.29 is 44.1 Å². The van der Waals surface area contributed by atoms with E-state index in [4.69, 9.17) is 17.2 Å². The number of aliphatic imine (C=N–C) groups is 1. The quantitative estimate of drug-likeness (QED) is 0.0456. The number of carboxylic acids is 2. The fourth-order valence-electron chi connectivity index (χ4n) is 3.70. The van der Waals surface area contributed by atoms with Crippen LogP contribution in [-0.2, 0) is 35.2 Å². The monoisotopic (exact) mass is 608 g/mol. The summed E-state index contributed by atoms with van der Waals surface area (Å²) in [6.07, 6.45) is -0.358. The van der Waals surface area contributed by atoms with E-state index in [0.717, 1.165) is 0 Å². The van der Waals surface area contributed by atoms with Crippen molar-refractivity contribution in [2.75, 3.05) is 13.1 Å². The Hall–Kier alpha value is -4.93. The smallest absolute Gasteiger partial charge is 0.326 e. The molecule has 0 spiro atoms. The first-order valence-corrected chi connectivity index (χ1v) is 13.3. The third kappa shape index (κ3) is 14.0. The van der Waals surface area contributed by atoms with Gasteiger partial charge in [-0.15, -0.1) is 0 Å². The lowest BCUT2D eigenvalue weighted by molar-refractivity contribution is -0.143. The van der Waals surface area contributed by atoms with Gasteiger partial charge in [0.1, 0.15) is 23.9 Å². The van der Waals surface area contributed by atoms with Crippen molar-refractivity contribution in [1.29, 1.82) is 0 Å². The van der Waals surface area contributed by atoms with Gasteiger partial charge in [-0.25, -0.2) is 4.79 Å². The molecule has 0 aromatic heterocycles. The molecule has 4 atom stereocenters. The maximum atomic E-state index is 13.0. The van der Waals surface area contributed by atoms with E-state index in [9.17, 15) is 44.1 Å². The number of guanidine groups is 1. The minimum absolute atomic E-state index is 0.0211. The van der Waals surface area contributed by atoms with Gasteiger partial charge in [0.2, 0.25) is 23.6 Å². The molecular formula is C26H40N8O9. The zero-order chi connectivity index (χ0) is 32.7. The first-order valence-electron chi connectivity index (χ1n) is 13.3. The summed E-state index contributed by atoms with van der Waals surface area (Å²) in [6, 6.07) is 0.422. The Morgan fingerprint density at radius 2 is 1.51 bits per heavy atom. The number of aromatic hydroxyl groups is 1. The fourth-order valence-corrected chi connectivity index (χ4v) is 3.70. The lowest BCUT2D eigenvalue weighted by atomic mass is 10.0. The Balaban J connectivity index is 2.82.